The minimum atomic E-state index is 0.408. The van der Waals surface area contributed by atoms with E-state index >= 15 is 0 Å². The van der Waals surface area contributed by atoms with Crippen molar-refractivity contribution in [1.82, 2.24) is 19.7 Å². The average molecular weight is 274 g/mol. The first-order chi connectivity index (χ1) is 9.24. The third-order valence-corrected chi connectivity index (χ3v) is 4.62. The summed E-state index contributed by atoms with van der Waals surface area (Å²) in [4.78, 5) is 4.37. The third-order valence-electron chi connectivity index (χ3n) is 4.31. The van der Waals surface area contributed by atoms with Crippen LogP contribution in [-0.4, -0.2) is 19.7 Å². The van der Waals surface area contributed by atoms with Gasteiger partial charge in [0.1, 0.15) is 5.69 Å². The Balaban J connectivity index is 1.98. The summed E-state index contributed by atoms with van der Waals surface area (Å²) in [5, 5.41) is 7.25. The van der Waals surface area contributed by atoms with Gasteiger partial charge in [-0.1, -0.05) is 19.4 Å². The maximum absolute atomic E-state index is 5.38. The number of aromatic amines is 1. The van der Waals surface area contributed by atoms with Gasteiger partial charge in [-0.05, 0) is 49.0 Å². The Labute approximate surface area is 117 Å². The van der Waals surface area contributed by atoms with E-state index < -0.39 is 0 Å². The number of rotatable bonds is 4. The number of H-pyrrole nitrogens is 1. The van der Waals surface area contributed by atoms with Gasteiger partial charge in [0.15, 0.2) is 10.6 Å². The monoisotopic (exact) mass is 274 g/mol. The van der Waals surface area contributed by atoms with E-state index in [0.717, 1.165) is 18.1 Å². The van der Waals surface area contributed by atoms with E-state index in [1.807, 2.05) is 18.2 Å². The Morgan fingerprint density at radius 2 is 2.26 bits per heavy atom. The van der Waals surface area contributed by atoms with Gasteiger partial charge in [0.25, 0.3) is 0 Å². The predicted octanol–water partition coefficient (Wildman–Crippen LogP) is 3.58. The molecule has 0 bridgehead atoms. The summed E-state index contributed by atoms with van der Waals surface area (Å²) in [5.74, 6) is 0.852. The molecule has 0 aliphatic heterocycles. The van der Waals surface area contributed by atoms with Crippen LogP contribution in [0.4, 0.5) is 0 Å². The van der Waals surface area contributed by atoms with Crippen molar-refractivity contribution in [2.75, 3.05) is 0 Å². The third kappa shape index (κ3) is 2.23. The first-order valence-corrected chi connectivity index (χ1v) is 7.21. The van der Waals surface area contributed by atoms with Crippen LogP contribution >= 0.6 is 12.2 Å². The molecule has 0 unspecified atom stereocenters. The molecule has 3 rings (SSSR count). The second kappa shape index (κ2) is 4.89. The average Bonchev–Trinajstić information content (AvgIpc) is 2.76. The summed E-state index contributed by atoms with van der Waals surface area (Å²) >= 11 is 5.38. The molecule has 1 aliphatic rings. The first kappa shape index (κ1) is 12.5. The van der Waals surface area contributed by atoms with Gasteiger partial charge in [0, 0.05) is 12.7 Å². The van der Waals surface area contributed by atoms with Crippen molar-refractivity contribution in [2.45, 2.75) is 39.2 Å². The highest BCUT2D eigenvalue weighted by molar-refractivity contribution is 7.71. The van der Waals surface area contributed by atoms with Gasteiger partial charge in [0.2, 0.25) is 0 Å². The van der Waals surface area contributed by atoms with Crippen molar-refractivity contribution in [1.29, 1.82) is 0 Å². The zero-order valence-corrected chi connectivity index (χ0v) is 11.9. The van der Waals surface area contributed by atoms with Crippen LogP contribution in [0.15, 0.2) is 24.4 Å². The maximum atomic E-state index is 5.38. The largest absolute Gasteiger partial charge is 0.298 e. The lowest BCUT2D eigenvalue weighted by atomic mass is 9.67. The molecule has 1 aliphatic carbocycles. The van der Waals surface area contributed by atoms with E-state index in [9.17, 15) is 0 Å². The molecular weight excluding hydrogens is 256 g/mol. The second-order valence-corrected chi connectivity index (χ2v) is 5.75. The van der Waals surface area contributed by atoms with E-state index in [1.54, 1.807) is 6.20 Å². The first-order valence-electron chi connectivity index (χ1n) is 6.81. The zero-order chi connectivity index (χ0) is 13.3. The van der Waals surface area contributed by atoms with Gasteiger partial charge in [-0.2, -0.15) is 5.10 Å². The van der Waals surface area contributed by atoms with E-state index in [-0.39, 0.29) is 0 Å². The standard InChI is InChI=1S/C14H18N4S/c1-2-14(7-5-8-14)10-18-12(16-17-13(18)19)11-6-3-4-9-15-11/h3-4,6,9H,2,5,7-8,10H2,1H3,(H,17,19). The summed E-state index contributed by atoms with van der Waals surface area (Å²) in [5.41, 5.74) is 1.28. The topological polar surface area (TPSA) is 46.5 Å². The number of pyridine rings is 1. The Morgan fingerprint density at radius 3 is 2.84 bits per heavy atom. The van der Waals surface area contributed by atoms with Gasteiger partial charge < -0.3 is 0 Å². The molecule has 0 radical (unpaired) electrons. The minimum Gasteiger partial charge on any atom is -0.298 e. The van der Waals surface area contributed by atoms with Gasteiger partial charge in [-0.25, -0.2) is 0 Å². The lowest BCUT2D eigenvalue weighted by Gasteiger charge is -2.41. The minimum absolute atomic E-state index is 0.408. The second-order valence-electron chi connectivity index (χ2n) is 5.36. The lowest BCUT2D eigenvalue weighted by molar-refractivity contribution is 0.100. The molecule has 2 heterocycles. The van der Waals surface area contributed by atoms with Crippen molar-refractivity contribution in [3.63, 3.8) is 0 Å². The van der Waals surface area contributed by atoms with Crippen LogP contribution in [-0.2, 0) is 6.54 Å². The molecule has 2 aromatic rings. The highest BCUT2D eigenvalue weighted by atomic mass is 32.1. The molecule has 2 aromatic heterocycles. The molecule has 100 valence electrons. The highest BCUT2D eigenvalue weighted by Crippen LogP contribution is 2.45. The quantitative estimate of drug-likeness (QED) is 0.867. The molecule has 4 nitrogen and oxygen atoms in total. The van der Waals surface area contributed by atoms with E-state index in [1.165, 1.54) is 25.7 Å². The summed E-state index contributed by atoms with van der Waals surface area (Å²) in [7, 11) is 0. The normalized spacial score (nSPS) is 17.1. The molecule has 0 amide bonds. The Kier molecular flexibility index (Phi) is 3.22. The number of aromatic nitrogens is 4. The summed E-state index contributed by atoms with van der Waals surface area (Å²) in [6.07, 6.45) is 6.89. The predicted molar refractivity (Wildman–Crippen MR) is 77.2 cm³/mol. The molecule has 0 saturated heterocycles. The van der Waals surface area contributed by atoms with Crippen LogP contribution in [0.1, 0.15) is 32.6 Å². The summed E-state index contributed by atoms with van der Waals surface area (Å²) in [6.45, 7) is 3.22. The number of hydrogen-bond donors (Lipinski definition) is 1. The Bertz CT molecular complexity index is 604. The summed E-state index contributed by atoms with van der Waals surface area (Å²) in [6, 6.07) is 5.86. The van der Waals surface area contributed by atoms with Crippen LogP contribution in [0.25, 0.3) is 11.5 Å². The number of hydrogen-bond acceptors (Lipinski definition) is 3. The van der Waals surface area contributed by atoms with Gasteiger partial charge in [0.05, 0.1) is 0 Å². The fourth-order valence-electron chi connectivity index (χ4n) is 2.79. The van der Waals surface area contributed by atoms with Crippen LogP contribution in [0.3, 0.4) is 0 Å². The molecule has 19 heavy (non-hydrogen) atoms. The maximum Gasteiger partial charge on any atom is 0.195 e. The van der Waals surface area contributed by atoms with Crippen LogP contribution in [0, 0.1) is 10.2 Å². The fourth-order valence-corrected chi connectivity index (χ4v) is 2.99. The summed E-state index contributed by atoms with van der Waals surface area (Å²) < 4.78 is 2.81. The van der Waals surface area contributed by atoms with E-state index in [2.05, 4.69) is 26.7 Å². The van der Waals surface area contributed by atoms with Gasteiger partial charge >= 0.3 is 0 Å². The van der Waals surface area contributed by atoms with E-state index in [4.69, 9.17) is 12.2 Å². The van der Waals surface area contributed by atoms with Crippen molar-refractivity contribution in [3.8, 4) is 11.5 Å². The molecule has 1 saturated carbocycles. The number of nitrogens with zero attached hydrogens (tertiary/aromatic N) is 3. The molecule has 1 N–H and O–H groups in total. The van der Waals surface area contributed by atoms with Crippen LogP contribution < -0.4 is 0 Å². The SMILES string of the molecule is CCC1(Cn2c(-c3ccccn3)n[nH]c2=S)CCC1. The van der Waals surface area contributed by atoms with Gasteiger partial charge in [-0.3, -0.25) is 14.6 Å². The van der Waals surface area contributed by atoms with Crippen molar-refractivity contribution in [3.05, 3.63) is 29.2 Å². The molecular formula is C14H18N4S. The van der Waals surface area contributed by atoms with E-state index in [0.29, 0.717) is 10.2 Å². The van der Waals surface area contributed by atoms with Crippen molar-refractivity contribution < 1.29 is 0 Å². The number of nitrogens with one attached hydrogen (secondary N) is 1. The lowest BCUT2D eigenvalue weighted by Crippen LogP contribution is -2.33. The molecule has 0 aromatic carbocycles. The molecule has 0 spiro atoms. The smallest absolute Gasteiger partial charge is 0.195 e. The van der Waals surface area contributed by atoms with Crippen molar-refractivity contribution >= 4 is 12.2 Å². The highest BCUT2D eigenvalue weighted by Gasteiger charge is 2.36. The zero-order valence-electron chi connectivity index (χ0n) is 11.1. The molecule has 0 atom stereocenters. The Hall–Kier alpha value is -1.49. The van der Waals surface area contributed by atoms with Crippen molar-refractivity contribution in [2.24, 2.45) is 5.41 Å². The fraction of sp³-hybridized carbons (Fsp3) is 0.500. The van der Waals surface area contributed by atoms with Gasteiger partial charge in [-0.15, -0.1) is 0 Å². The van der Waals surface area contributed by atoms with Crippen LogP contribution in [0.5, 0.6) is 0 Å². The van der Waals surface area contributed by atoms with Crippen LogP contribution in [0.2, 0.25) is 0 Å². The Morgan fingerprint density at radius 1 is 1.42 bits per heavy atom. The molecule has 1 fully saturated rings. The molecule has 5 heteroatoms.